The smallest absolute Gasteiger partial charge is 0.228 e. The zero-order valence-electron chi connectivity index (χ0n) is 10.6. The van der Waals surface area contributed by atoms with Crippen molar-refractivity contribution >= 4 is 0 Å². The normalized spacial score (nSPS) is 18.7. The lowest BCUT2D eigenvalue weighted by molar-refractivity contribution is 0.174. The molecule has 17 heavy (non-hydrogen) atoms. The van der Waals surface area contributed by atoms with E-state index in [0.717, 1.165) is 12.3 Å². The van der Waals surface area contributed by atoms with Crippen LogP contribution in [0.15, 0.2) is 4.52 Å². The van der Waals surface area contributed by atoms with Gasteiger partial charge in [0.1, 0.15) is 6.61 Å². The maximum atomic E-state index is 5.23. The first-order valence-corrected chi connectivity index (χ1v) is 6.31. The standard InChI is InChI=1S/C12H21N3O2/c1-13-10(9-5-3-4-6-9)7-12-14-11(8-16-2)15-17-12/h9-10,13H,3-8H2,1-2H3. The Kier molecular flexibility index (Phi) is 4.50. The summed E-state index contributed by atoms with van der Waals surface area (Å²) >= 11 is 0. The number of nitrogens with one attached hydrogen (secondary N) is 1. The number of methoxy groups -OCH3 is 1. The Morgan fingerprint density at radius 3 is 2.88 bits per heavy atom. The summed E-state index contributed by atoms with van der Waals surface area (Å²) in [5.74, 6) is 2.09. The SMILES string of the molecule is CNC(Cc1nc(COC)no1)C1CCCC1. The van der Waals surface area contributed by atoms with Crippen LogP contribution in [0.4, 0.5) is 0 Å². The van der Waals surface area contributed by atoms with Crippen LogP contribution in [-0.4, -0.2) is 30.3 Å². The van der Waals surface area contributed by atoms with Crippen molar-refractivity contribution in [2.45, 2.75) is 44.8 Å². The molecule has 1 fully saturated rings. The third-order valence-corrected chi connectivity index (χ3v) is 3.52. The number of hydrogen-bond donors (Lipinski definition) is 1. The highest BCUT2D eigenvalue weighted by atomic mass is 16.5. The Hall–Kier alpha value is -0.940. The van der Waals surface area contributed by atoms with Gasteiger partial charge in [-0.05, 0) is 25.8 Å². The van der Waals surface area contributed by atoms with E-state index in [2.05, 4.69) is 15.5 Å². The molecule has 0 aromatic carbocycles. The Bertz CT molecular complexity index is 334. The molecule has 0 aliphatic heterocycles. The summed E-state index contributed by atoms with van der Waals surface area (Å²) in [6.45, 7) is 0.414. The highest BCUT2D eigenvalue weighted by molar-refractivity contribution is 4.91. The largest absolute Gasteiger partial charge is 0.377 e. The monoisotopic (exact) mass is 239 g/mol. The summed E-state index contributed by atoms with van der Waals surface area (Å²) in [5, 5.41) is 7.26. The molecule has 1 aliphatic rings. The quantitative estimate of drug-likeness (QED) is 0.816. The molecule has 1 aliphatic carbocycles. The fourth-order valence-corrected chi connectivity index (χ4v) is 2.61. The molecule has 5 heteroatoms. The van der Waals surface area contributed by atoms with Crippen LogP contribution in [0.5, 0.6) is 0 Å². The molecule has 1 saturated carbocycles. The lowest BCUT2D eigenvalue weighted by Crippen LogP contribution is -2.34. The fraction of sp³-hybridized carbons (Fsp3) is 0.833. The summed E-state index contributed by atoms with van der Waals surface area (Å²) in [6, 6.07) is 0.452. The molecule has 5 nitrogen and oxygen atoms in total. The van der Waals surface area contributed by atoms with Gasteiger partial charge in [0.05, 0.1) is 0 Å². The molecule has 1 atom stereocenters. The first kappa shape index (κ1) is 12.5. The predicted octanol–water partition coefficient (Wildman–Crippen LogP) is 1.54. The zero-order chi connectivity index (χ0) is 12.1. The molecule has 1 aromatic heterocycles. The second-order valence-electron chi connectivity index (χ2n) is 4.68. The van der Waals surface area contributed by atoms with Crippen molar-refractivity contribution in [2.75, 3.05) is 14.2 Å². The van der Waals surface area contributed by atoms with Gasteiger partial charge < -0.3 is 14.6 Å². The van der Waals surface area contributed by atoms with Crippen LogP contribution in [0.2, 0.25) is 0 Å². The van der Waals surface area contributed by atoms with Crippen molar-refractivity contribution in [1.29, 1.82) is 0 Å². The predicted molar refractivity (Wildman–Crippen MR) is 63.5 cm³/mol. The van der Waals surface area contributed by atoms with Gasteiger partial charge in [0.15, 0.2) is 5.82 Å². The maximum absolute atomic E-state index is 5.23. The molecule has 1 N–H and O–H groups in total. The summed E-state index contributed by atoms with van der Waals surface area (Å²) in [4.78, 5) is 4.32. The molecule has 1 unspecified atom stereocenters. The van der Waals surface area contributed by atoms with Gasteiger partial charge >= 0.3 is 0 Å². The minimum Gasteiger partial charge on any atom is -0.377 e. The Labute approximate surface area is 102 Å². The number of hydrogen-bond acceptors (Lipinski definition) is 5. The van der Waals surface area contributed by atoms with Crippen LogP contribution in [0, 0.1) is 5.92 Å². The third kappa shape index (κ3) is 3.26. The van der Waals surface area contributed by atoms with E-state index in [1.54, 1.807) is 7.11 Å². The van der Waals surface area contributed by atoms with Crippen LogP contribution < -0.4 is 5.32 Å². The molecule has 96 valence electrons. The van der Waals surface area contributed by atoms with Crippen molar-refractivity contribution in [3.05, 3.63) is 11.7 Å². The molecule has 0 amide bonds. The summed E-state index contributed by atoms with van der Waals surface area (Å²) in [7, 11) is 3.64. The average Bonchev–Trinajstić information content (AvgIpc) is 2.97. The second kappa shape index (κ2) is 6.12. The van der Waals surface area contributed by atoms with Crippen LogP contribution >= 0.6 is 0 Å². The van der Waals surface area contributed by atoms with Gasteiger partial charge in [-0.15, -0.1) is 0 Å². The van der Waals surface area contributed by atoms with Crippen LogP contribution in [0.3, 0.4) is 0 Å². The highest BCUT2D eigenvalue weighted by Gasteiger charge is 2.25. The second-order valence-corrected chi connectivity index (χ2v) is 4.68. The average molecular weight is 239 g/mol. The van der Waals surface area contributed by atoms with E-state index in [-0.39, 0.29) is 0 Å². The number of ether oxygens (including phenoxy) is 1. The van der Waals surface area contributed by atoms with Crippen molar-refractivity contribution in [1.82, 2.24) is 15.5 Å². The molecule has 1 heterocycles. The van der Waals surface area contributed by atoms with Gasteiger partial charge in [-0.2, -0.15) is 4.98 Å². The minimum absolute atomic E-state index is 0.414. The number of rotatable bonds is 6. The van der Waals surface area contributed by atoms with Gasteiger partial charge in [-0.3, -0.25) is 0 Å². The van der Waals surface area contributed by atoms with E-state index in [1.807, 2.05) is 7.05 Å². The molecule has 1 aromatic rings. The topological polar surface area (TPSA) is 60.2 Å². The van der Waals surface area contributed by atoms with Crippen molar-refractivity contribution in [3.8, 4) is 0 Å². The fourth-order valence-electron chi connectivity index (χ4n) is 2.61. The van der Waals surface area contributed by atoms with E-state index in [4.69, 9.17) is 9.26 Å². The van der Waals surface area contributed by atoms with Gasteiger partial charge in [0, 0.05) is 19.6 Å². The van der Waals surface area contributed by atoms with Gasteiger partial charge in [0.2, 0.25) is 5.89 Å². The summed E-state index contributed by atoms with van der Waals surface area (Å²) < 4.78 is 10.2. The van der Waals surface area contributed by atoms with E-state index in [1.165, 1.54) is 25.7 Å². The minimum atomic E-state index is 0.414. The van der Waals surface area contributed by atoms with Gasteiger partial charge in [0.25, 0.3) is 0 Å². The number of likely N-dealkylation sites (N-methyl/N-ethyl adjacent to an activating group) is 1. The Balaban J connectivity index is 1.92. The molecule has 0 radical (unpaired) electrons. The lowest BCUT2D eigenvalue weighted by atomic mass is 9.95. The third-order valence-electron chi connectivity index (χ3n) is 3.52. The van der Waals surface area contributed by atoms with E-state index in [0.29, 0.717) is 24.4 Å². The summed E-state index contributed by atoms with van der Waals surface area (Å²) in [6.07, 6.45) is 6.14. The highest BCUT2D eigenvalue weighted by Crippen LogP contribution is 2.28. The van der Waals surface area contributed by atoms with Crippen LogP contribution in [0.25, 0.3) is 0 Å². The van der Waals surface area contributed by atoms with Crippen LogP contribution in [-0.2, 0) is 17.8 Å². The molecule has 0 bridgehead atoms. The Morgan fingerprint density at radius 1 is 1.47 bits per heavy atom. The molecular formula is C12H21N3O2. The van der Waals surface area contributed by atoms with E-state index < -0.39 is 0 Å². The molecular weight excluding hydrogens is 218 g/mol. The molecule has 2 rings (SSSR count). The van der Waals surface area contributed by atoms with E-state index in [9.17, 15) is 0 Å². The molecule has 0 spiro atoms. The number of nitrogens with zero attached hydrogens (tertiary/aromatic N) is 2. The number of aromatic nitrogens is 2. The van der Waals surface area contributed by atoms with Gasteiger partial charge in [-0.1, -0.05) is 18.0 Å². The molecule has 0 saturated heterocycles. The van der Waals surface area contributed by atoms with Crippen molar-refractivity contribution in [3.63, 3.8) is 0 Å². The van der Waals surface area contributed by atoms with Crippen LogP contribution in [0.1, 0.15) is 37.4 Å². The first-order valence-electron chi connectivity index (χ1n) is 6.31. The summed E-state index contributed by atoms with van der Waals surface area (Å²) in [5.41, 5.74) is 0. The van der Waals surface area contributed by atoms with Crippen molar-refractivity contribution in [2.24, 2.45) is 5.92 Å². The van der Waals surface area contributed by atoms with Gasteiger partial charge in [-0.25, -0.2) is 0 Å². The lowest BCUT2D eigenvalue weighted by Gasteiger charge is -2.20. The Morgan fingerprint density at radius 2 is 2.24 bits per heavy atom. The maximum Gasteiger partial charge on any atom is 0.228 e. The van der Waals surface area contributed by atoms with Crippen molar-refractivity contribution < 1.29 is 9.26 Å². The first-order chi connectivity index (χ1) is 8.33. The van der Waals surface area contributed by atoms with E-state index >= 15 is 0 Å². The zero-order valence-corrected chi connectivity index (χ0v) is 10.6.